The van der Waals surface area contributed by atoms with Crippen LogP contribution in [0, 0.1) is 21.4 Å². The molecule has 102 valence electrons. The SMILES string of the molecule is N#Cc1c(-c2cccc([N+](=O)[O-])c2)nc2cc(Cl)ccn12. The number of benzene rings is 1. The highest BCUT2D eigenvalue weighted by Gasteiger charge is 2.16. The van der Waals surface area contributed by atoms with Crippen LogP contribution in [0.5, 0.6) is 0 Å². The number of rotatable bonds is 2. The highest BCUT2D eigenvalue weighted by atomic mass is 35.5. The van der Waals surface area contributed by atoms with E-state index in [1.165, 1.54) is 12.1 Å². The molecule has 0 saturated carbocycles. The van der Waals surface area contributed by atoms with Crippen molar-refractivity contribution in [2.75, 3.05) is 0 Å². The van der Waals surface area contributed by atoms with E-state index in [0.29, 0.717) is 27.6 Å². The lowest BCUT2D eigenvalue weighted by molar-refractivity contribution is -0.384. The Bertz CT molecular complexity index is 911. The van der Waals surface area contributed by atoms with Gasteiger partial charge in [0.25, 0.3) is 5.69 Å². The number of fused-ring (bicyclic) bond motifs is 1. The van der Waals surface area contributed by atoms with E-state index in [-0.39, 0.29) is 5.69 Å². The van der Waals surface area contributed by atoms with Crippen LogP contribution in [0.4, 0.5) is 5.69 Å². The Hall–Kier alpha value is -2.91. The largest absolute Gasteiger partial charge is 0.291 e. The molecule has 6 nitrogen and oxygen atoms in total. The standard InChI is InChI=1S/C14H7ClN4O2/c15-10-4-5-18-12(8-16)14(17-13(18)7-10)9-2-1-3-11(6-9)19(20)21/h1-7H. The Labute approximate surface area is 124 Å². The summed E-state index contributed by atoms with van der Waals surface area (Å²) >= 11 is 5.91. The molecule has 2 aromatic heterocycles. The van der Waals surface area contributed by atoms with Crippen molar-refractivity contribution in [1.82, 2.24) is 9.38 Å². The molecule has 2 heterocycles. The van der Waals surface area contributed by atoms with Gasteiger partial charge < -0.3 is 0 Å². The van der Waals surface area contributed by atoms with Crippen molar-refractivity contribution < 1.29 is 4.92 Å². The number of hydrogen-bond donors (Lipinski definition) is 0. The molecule has 7 heteroatoms. The van der Waals surface area contributed by atoms with E-state index in [2.05, 4.69) is 11.1 Å². The number of nitriles is 1. The van der Waals surface area contributed by atoms with E-state index in [4.69, 9.17) is 11.6 Å². The first-order chi connectivity index (χ1) is 10.1. The normalized spacial score (nSPS) is 10.5. The first-order valence-corrected chi connectivity index (χ1v) is 6.30. The molecular weight excluding hydrogens is 292 g/mol. The van der Waals surface area contributed by atoms with Gasteiger partial charge in [-0.1, -0.05) is 23.7 Å². The predicted molar refractivity (Wildman–Crippen MR) is 77.0 cm³/mol. The lowest BCUT2D eigenvalue weighted by Gasteiger charge is -1.98. The molecule has 3 aromatic rings. The van der Waals surface area contributed by atoms with Gasteiger partial charge >= 0.3 is 0 Å². The summed E-state index contributed by atoms with van der Waals surface area (Å²) in [5, 5.41) is 20.7. The Balaban J connectivity index is 2.27. The van der Waals surface area contributed by atoms with Crippen molar-refractivity contribution in [3.63, 3.8) is 0 Å². The van der Waals surface area contributed by atoms with Crippen LogP contribution >= 0.6 is 11.6 Å². The van der Waals surface area contributed by atoms with Crippen LogP contribution in [0.2, 0.25) is 5.02 Å². The van der Waals surface area contributed by atoms with E-state index in [0.717, 1.165) is 0 Å². The summed E-state index contributed by atoms with van der Waals surface area (Å²) in [5.74, 6) is 0. The van der Waals surface area contributed by atoms with Crippen LogP contribution in [0.1, 0.15) is 5.69 Å². The van der Waals surface area contributed by atoms with Crippen LogP contribution in [0.25, 0.3) is 16.9 Å². The average Bonchev–Trinajstić information content (AvgIpc) is 2.84. The lowest BCUT2D eigenvalue weighted by atomic mass is 10.1. The molecule has 0 amide bonds. The topological polar surface area (TPSA) is 84.2 Å². The molecule has 0 aliphatic rings. The van der Waals surface area contributed by atoms with Crippen LogP contribution in [-0.4, -0.2) is 14.3 Å². The Morgan fingerprint density at radius 1 is 1.33 bits per heavy atom. The molecule has 0 bridgehead atoms. The average molecular weight is 299 g/mol. The van der Waals surface area contributed by atoms with Gasteiger partial charge in [-0.2, -0.15) is 5.26 Å². The summed E-state index contributed by atoms with van der Waals surface area (Å²) < 4.78 is 1.60. The van der Waals surface area contributed by atoms with E-state index >= 15 is 0 Å². The lowest BCUT2D eigenvalue weighted by Crippen LogP contribution is -1.90. The molecule has 21 heavy (non-hydrogen) atoms. The smallest absolute Gasteiger partial charge is 0.270 e. The van der Waals surface area contributed by atoms with Crippen molar-refractivity contribution in [3.05, 3.63) is 63.4 Å². The molecule has 0 saturated heterocycles. The summed E-state index contributed by atoms with van der Waals surface area (Å²) in [7, 11) is 0. The summed E-state index contributed by atoms with van der Waals surface area (Å²) in [6.07, 6.45) is 1.64. The fourth-order valence-corrected chi connectivity index (χ4v) is 2.25. The van der Waals surface area contributed by atoms with Crippen LogP contribution < -0.4 is 0 Å². The van der Waals surface area contributed by atoms with Crippen molar-refractivity contribution in [2.45, 2.75) is 0 Å². The molecule has 0 atom stereocenters. The van der Waals surface area contributed by atoms with Crippen LogP contribution in [0.15, 0.2) is 42.6 Å². The highest BCUT2D eigenvalue weighted by molar-refractivity contribution is 6.30. The van der Waals surface area contributed by atoms with Crippen molar-refractivity contribution >= 4 is 22.9 Å². The number of nitro groups is 1. The molecule has 0 aliphatic heterocycles. The quantitative estimate of drug-likeness (QED) is 0.536. The molecule has 0 unspecified atom stereocenters. The van der Waals surface area contributed by atoms with Crippen LogP contribution in [0.3, 0.4) is 0 Å². The zero-order valence-corrected chi connectivity index (χ0v) is 11.3. The summed E-state index contributed by atoms with van der Waals surface area (Å²) in [6, 6.07) is 11.4. The maximum absolute atomic E-state index is 10.9. The molecule has 0 fully saturated rings. The third-order valence-corrected chi connectivity index (χ3v) is 3.26. The molecular formula is C14H7ClN4O2. The Morgan fingerprint density at radius 2 is 2.14 bits per heavy atom. The molecule has 0 aliphatic carbocycles. The second kappa shape index (κ2) is 4.89. The van der Waals surface area contributed by atoms with E-state index in [1.807, 2.05) is 0 Å². The summed E-state index contributed by atoms with van der Waals surface area (Å²) in [6.45, 7) is 0. The number of pyridine rings is 1. The van der Waals surface area contributed by atoms with Gasteiger partial charge in [0.05, 0.1) is 4.92 Å². The van der Waals surface area contributed by atoms with Gasteiger partial charge in [0, 0.05) is 35.0 Å². The fourth-order valence-electron chi connectivity index (χ4n) is 2.09. The van der Waals surface area contributed by atoms with E-state index < -0.39 is 4.92 Å². The Kier molecular flexibility index (Phi) is 3.05. The second-order valence-corrected chi connectivity index (χ2v) is 4.74. The summed E-state index contributed by atoms with van der Waals surface area (Å²) in [5.41, 5.74) is 1.68. The third-order valence-electron chi connectivity index (χ3n) is 3.02. The van der Waals surface area contributed by atoms with Gasteiger partial charge in [0.2, 0.25) is 0 Å². The first-order valence-electron chi connectivity index (χ1n) is 5.92. The van der Waals surface area contributed by atoms with Gasteiger partial charge in [0.15, 0.2) is 5.69 Å². The zero-order chi connectivity index (χ0) is 15.0. The van der Waals surface area contributed by atoms with Gasteiger partial charge in [0.1, 0.15) is 17.4 Å². The van der Waals surface area contributed by atoms with Crippen molar-refractivity contribution in [2.24, 2.45) is 0 Å². The molecule has 0 spiro atoms. The number of hydrogen-bond acceptors (Lipinski definition) is 4. The molecule has 1 aromatic carbocycles. The number of non-ortho nitro benzene ring substituents is 1. The predicted octanol–water partition coefficient (Wildman–Crippen LogP) is 3.43. The van der Waals surface area contributed by atoms with E-state index in [9.17, 15) is 15.4 Å². The molecule has 0 N–H and O–H groups in total. The zero-order valence-electron chi connectivity index (χ0n) is 10.5. The third kappa shape index (κ3) is 2.20. The number of imidazole rings is 1. The first kappa shape index (κ1) is 13.1. The van der Waals surface area contributed by atoms with Gasteiger partial charge in [-0.25, -0.2) is 4.98 Å². The minimum atomic E-state index is -0.484. The highest BCUT2D eigenvalue weighted by Crippen LogP contribution is 2.27. The maximum atomic E-state index is 10.9. The van der Waals surface area contributed by atoms with E-state index in [1.54, 1.807) is 34.9 Å². The van der Waals surface area contributed by atoms with Gasteiger partial charge in [-0.3, -0.25) is 14.5 Å². The monoisotopic (exact) mass is 298 g/mol. The number of halogens is 1. The number of aromatic nitrogens is 2. The fraction of sp³-hybridized carbons (Fsp3) is 0. The van der Waals surface area contributed by atoms with Gasteiger partial charge in [-0.05, 0) is 6.07 Å². The molecule has 0 radical (unpaired) electrons. The minimum Gasteiger partial charge on any atom is -0.291 e. The summed E-state index contributed by atoms with van der Waals surface area (Å²) in [4.78, 5) is 14.7. The van der Waals surface area contributed by atoms with Crippen LogP contribution in [-0.2, 0) is 0 Å². The number of nitro benzene ring substituents is 1. The molecule has 3 rings (SSSR count). The van der Waals surface area contributed by atoms with Crippen molar-refractivity contribution in [3.8, 4) is 17.3 Å². The van der Waals surface area contributed by atoms with Gasteiger partial charge in [-0.15, -0.1) is 0 Å². The minimum absolute atomic E-state index is 0.0496. The second-order valence-electron chi connectivity index (χ2n) is 4.30. The number of nitrogens with zero attached hydrogens (tertiary/aromatic N) is 4. The maximum Gasteiger partial charge on any atom is 0.270 e. The Morgan fingerprint density at radius 3 is 2.86 bits per heavy atom. The van der Waals surface area contributed by atoms with Crippen molar-refractivity contribution in [1.29, 1.82) is 5.26 Å².